The summed E-state index contributed by atoms with van der Waals surface area (Å²) in [5.41, 5.74) is 2.54. The van der Waals surface area contributed by atoms with Crippen LogP contribution in [0, 0.1) is 3.57 Å². The van der Waals surface area contributed by atoms with Gasteiger partial charge in [-0.1, -0.05) is 18.2 Å². The molecule has 5 nitrogen and oxygen atoms in total. The third kappa shape index (κ3) is 4.83. The first-order valence-corrected chi connectivity index (χ1v) is 11.1. The quantitative estimate of drug-likeness (QED) is 0.466. The van der Waals surface area contributed by atoms with Gasteiger partial charge in [-0.2, -0.15) is 0 Å². The summed E-state index contributed by atoms with van der Waals surface area (Å²) in [6, 6.07) is 8.44. The Morgan fingerprint density at radius 3 is 2.44 bits per heavy atom. The second-order valence-corrected chi connectivity index (χ2v) is 10.2. The summed E-state index contributed by atoms with van der Waals surface area (Å²) in [5, 5.41) is 0. The minimum Gasteiger partial charge on any atom is -0.468 e. The highest BCUT2D eigenvalue weighted by Gasteiger charge is 2.44. The fourth-order valence-corrected chi connectivity index (χ4v) is 4.07. The molecule has 0 N–H and O–H groups in total. The Bertz CT molecular complexity index is 758. The third-order valence-corrected chi connectivity index (χ3v) is 7.58. The highest BCUT2D eigenvalue weighted by Crippen LogP contribution is 2.26. The van der Waals surface area contributed by atoms with Crippen LogP contribution in [0.5, 0.6) is 0 Å². The summed E-state index contributed by atoms with van der Waals surface area (Å²) < 4.78 is 28.5. The minimum absolute atomic E-state index is 0.227. The molecule has 0 aliphatic carbocycles. The largest absolute Gasteiger partial charge is 0.468 e. The van der Waals surface area contributed by atoms with Crippen molar-refractivity contribution in [2.24, 2.45) is 0 Å². The molecular weight excluding hydrogens is 453 g/mol. The molecule has 2 rings (SSSR count). The molecule has 1 aromatic carbocycles. The lowest BCUT2D eigenvalue weighted by atomic mass is 9.99. The smallest absolute Gasteiger partial charge is 0.326 e. The number of ether oxygens (including phenoxy) is 1. The molecule has 1 aliphatic heterocycles. The van der Waals surface area contributed by atoms with Crippen molar-refractivity contribution in [3.05, 3.63) is 39.5 Å². The molecule has 0 aromatic heterocycles. The van der Waals surface area contributed by atoms with E-state index in [0.29, 0.717) is 6.54 Å². The van der Waals surface area contributed by atoms with Crippen molar-refractivity contribution in [2.45, 2.75) is 24.5 Å². The Balaban J connectivity index is 2.01. The zero-order valence-electron chi connectivity index (χ0n) is 14.8. The standard InChI is InChI=1S/C18H24INO4S/c1-18(17(21)24-2,25(3,22)23)10-13-20-11-8-15(9-12-20)14-4-6-16(19)7-5-14/h4-8H,9-13H2,1-3H3. The molecule has 0 spiro atoms. The number of benzene rings is 1. The third-order valence-electron chi connectivity index (χ3n) is 4.85. The lowest BCUT2D eigenvalue weighted by Crippen LogP contribution is -2.46. The van der Waals surface area contributed by atoms with Crippen LogP contribution >= 0.6 is 22.6 Å². The van der Waals surface area contributed by atoms with Crippen molar-refractivity contribution >= 4 is 44.0 Å². The lowest BCUT2D eigenvalue weighted by molar-refractivity contribution is -0.143. The molecule has 1 unspecified atom stereocenters. The first-order valence-electron chi connectivity index (χ1n) is 8.13. The van der Waals surface area contributed by atoms with E-state index >= 15 is 0 Å². The predicted molar refractivity (Wildman–Crippen MR) is 108 cm³/mol. The zero-order chi connectivity index (χ0) is 18.7. The van der Waals surface area contributed by atoms with Gasteiger partial charge < -0.3 is 4.74 Å². The molecule has 25 heavy (non-hydrogen) atoms. The van der Waals surface area contributed by atoms with Crippen molar-refractivity contribution in [2.75, 3.05) is 33.0 Å². The number of halogens is 1. The fraction of sp³-hybridized carbons (Fsp3) is 0.500. The highest BCUT2D eigenvalue weighted by molar-refractivity contribution is 14.1. The van der Waals surface area contributed by atoms with E-state index in [1.807, 2.05) is 0 Å². The molecule has 0 amide bonds. The predicted octanol–water partition coefficient (Wildman–Crippen LogP) is 2.75. The van der Waals surface area contributed by atoms with E-state index in [1.54, 1.807) is 0 Å². The number of hydrogen-bond acceptors (Lipinski definition) is 5. The Labute approximate surface area is 163 Å². The van der Waals surface area contributed by atoms with Gasteiger partial charge in [-0.25, -0.2) is 8.42 Å². The minimum atomic E-state index is -3.55. The van der Waals surface area contributed by atoms with Crippen LogP contribution in [0.25, 0.3) is 5.57 Å². The monoisotopic (exact) mass is 477 g/mol. The maximum absolute atomic E-state index is 12.1. The van der Waals surface area contributed by atoms with Gasteiger partial charge in [0.15, 0.2) is 14.6 Å². The maximum atomic E-state index is 12.1. The van der Waals surface area contributed by atoms with Crippen LogP contribution in [0.1, 0.15) is 25.3 Å². The van der Waals surface area contributed by atoms with Crippen LogP contribution in [0.2, 0.25) is 0 Å². The van der Waals surface area contributed by atoms with Gasteiger partial charge in [0.1, 0.15) is 0 Å². The molecule has 1 aromatic rings. The van der Waals surface area contributed by atoms with Gasteiger partial charge >= 0.3 is 5.97 Å². The van der Waals surface area contributed by atoms with Crippen molar-refractivity contribution in [3.63, 3.8) is 0 Å². The average molecular weight is 477 g/mol. The summed E-state index contributed by atoms with van der Waals surface area (Å²) >= 11 is 2.29. The van der Waals surface area contributed by atoms with E-state index < -0.39 is 20.6 Å². The lowest BCUT2D eigenvalue weighted by Gasteiger charge is -2.31. The van der Waals surface area contributed by atoms with Crippen molar-refractivity contribution in [1.82, 2.24) is 4.90 Å². The summed E-state index contributed by atoms with van der Waals surface area (Å²) in [6.07, 6.45) is 4.41. The number of rotatable bonds is 6. The van der Waals surface area contributed by atoms with E-state index in [-0.39, 0.29) is 6.42 Å². The second-order valence-electron chi connectivity index (χ2n) is 6.53. The molecule has 0 saturated carbocycles. The van der Waals surface area contributed by atoms with Gasteiger partial charge in [-0.3, -0.25) is 9.69 Å². The topological polar surface area (TPSA) is 63.7 Å². The molecule has 0 radical (unpaired) electrons. The van der Waals surface area contributed by atoms with Crippen molar-refractivity contribution in [1.29, 1.82) is 0 Å². The molecule has 1 atom stereocenters. The summed E-state index contributed by atoms with van der Waals surface area (Å²) in [7, 11) is -2.33. The number of sulfone groups is 1. The van der Waals surface area contributed by atoms with Gasteiger partial charge in [-0.15, -0.1) is 0 Å². The van der Waals surface area contributed by atoms with E-state index in [0.717, 1.165) is 25.8 Å². The number of methoxy groups -OCH3 is 1. The Morgan fingerprint density at radius 1 is 1.32 bits per heavy atom. The Kier molecular flexibility index (Phi) is 6.67. The van der Waals surface area contributed by atoms with Crippen LogP contribution in [-0.4, -0.2) is 57.0 Å². The van der Waals surface area contributed by atoms with Gasteiger partial charge in [0.2, 0.25) is 0 Å². The number of carbonyl (C=O) groups excluding carboxylic acids is 1. The van der Waals surface area contributed by atoms with Crippen LogP contribution in [-0.2, 0) is 19.4 Å². The SMILES string of the molecule is COC(=O)C(C)(CCN1CC=C(c2ccc(I)cc2)CC1)S(C)(=O)=O. The first kappa shape index (κ1) is 20.4. The van der Waals surface area contributed by atoms with Crippen molar-refractivity contribution in [3.8, 4) is 0 Å². The molecule has 138 valence electrons. The maximum Gasteiger partial charge on any atom is 0.326 e. The van der Waals surface area contributed by atoms with Crippen LogP contribution in [0.15, 0.2) is 30.3 Å². The summed E-state index contributed by atoms with van der Waals surface area (Å²) in [4.78, 5) is 14.2. The van der Waals surface area contributed by atoms with Crippen LogP contribution < -0.4 is 0 Å². The van der Waals surface area contributed by atoms with E-state index in [9.17, 15) is 13.2 Å². The Hall–Kier alpha value is -0.930. The molecule has 0 fully saturated rings. The number of esters is 1. The molecule has 1 heterocycles. The number of nitrogens with zero attached hydrogens (tertiary/aromatic N) is 1. The molecule has 0 bridgehead atoms. The first-order chi connectivity index (χ1) is 11.7. The molecule has 1 aliphatic rings. The van der Waals surface area contributed by atoms with Gasteiger partial charge in [-0.05, 0) is 65.6 Å². The normalized spacial score (nSPS) is 18.3. The average Bonchev–Trinajstić information content (AvgIpc) is 2.59. The van der Waals surface area contributed by atoms with E-state index in [2.05, 4.69) is 57.8 Å². The second kappa shape index (κ2) is 8.18. The molecule has 0 saturated heterocycles. The van der Waals surface area contributed by atoms with Crippen LogP contribution in [0.3, 0.4) is 0 Å². The summed E-state index contributed by atoms with van der Waals surface area (Å²) in [6.45, 7) is 3.58. The van der Waals surface area contributed by atoms with Crippen LogP contribution in [0.4, 0.5) is 0 Å². The van der Waals surface area contributed by atoms with Gasteiger partial charge in [0, 0.05) is 29.5 Å². The number of carbonyl (C=O) groups is 1. The van der Waals surface area contributed by atoms with Gasteiger partial charge in [0.05, 0.1) is 7.11 Å². The van der Waals surface area contributed by atoms with Gasteiger partial charge in [0.25, 0.3) is 0 Å². The molecular formula is C18H24INO4S. The highest BCUT2D eigenvalue weighted by atomic mass is 127. The number of hydrogen-bond donors (Lipinski definition) is 0. The van der Waals surface area contributed by atoms with Crippen molar-refractivity contribution < 1.29 is 17.9 Å². The zero-order valence-corrected chi connectivity index (χ0v) is 17.8. The fourth-order valence-electron chi connectivity index (χ4n) is 2.87. The van der Waals surface area contributed by atoms with E-state index in [1.165, 1.54) is 28.7 Å². The van der Waals surface area contributed by atoms with E-state index in [4.69, 9.17) is 4.74 Å². The molecule has 7 heteroatoms. The summed E-state index contributed by atoms with van der Waals surface area (Å²) in [5.74, 6) is -0.692. The Morgan fingerprint density at radius 2 is 1.96 bits per heavy atom.